The van der Waals surface area contributed by atoms with Crippen molar-refractivity contribution in [3.63, 3.8) is 0 Å². The number of fused-ring (bicyclic) bond motifs is 1. The van der Waals surface area contributed by atoms with Crippen LogP contribution in [0.15, 0.2) is 24.3 Å². The zero-order valence-electron chi connectivity index (χ0n) is 6.46. The summed E-state index contributed by atoms with van der Waals surface area (Å²) in [5, 5.41) is 8.06. The number of rotatable bonds is 1. The Morgan fingerprint density at radius 1 is 1.33 bits per heavy atom. The molecule has 0 amide bonds. The molecule has 3 heteroatoms. The normalized spacial score (nSPS) is 10.3. The Kier molecular flexibility index (Phi) is 1.37. The van der Waals surface area contributed by atoms with Gasteiger partial charge in [-0.2, -0.15) is 0 Å². The van der Waals surface area contributed by atoms with Crippen molar-refractivity contribution in [1.29, 1.82) is 5.41 Å². The molecule has 1 aromatic carbocycles. The summed E-state index contributed by atoms with van der Waals surface area (Å²) in [5.74, 6) is 0. The minimum absolute atomic E-state index is 0.653. The lowest BCUT2D eigenvalue weighted by molar-refractivity contribution is 1.41. The fraction of sp³-hybridized carbons (Fsp3) is 0. The highest BCUT2D eigenvalue weighted by molar-refractivity contribution is 6.00. The monoisotopic (exact) mass is 159 g/mol. The molecule has 0 saturated carbocycles. The fourth-order valence-electron chi connectivity index (χ4n) is 1.30. The van der Waals surface area contributed by atoms with Crippen LogP contribution in [0.1, 0.15) is 5.69 Å². The van der Waals surface area contributed by atoms with Gasteiger partial charge in [0.2, 0.25) is 0 Å². The lowest BCUT2D eigenvalue weighted by Crippen LogP contribution is -1.88. The number of nitrogen functional groups attached to an aromatic ring is 1. The molecule has 0 aliphatic heterocycles. The van der Waals surface area contributed by atoms with Crippen LogP contribution in [0.4, 0.5) is 5.69 Å². The maximum absolute atomic E-state index is 7.08. The quantitative estimate of drug-likeness (QED) is 0.545. The number of aromatic amines is 1. The van der Waals surface area contributed by atoms with Crippen molar-refractivity contribution in [3.8, 4) is 0 Å². The van der Waals surface area contributed by atoms with E-state index in [-0.39, 0.29) is 0 Å². The number of benzene rings is 1. The average Bonchev–Trinajstić information content (AvgIpc) is 2.44. The minimum atomic E-state index is 0.653. The van der Waals surface area contributed by atoms with Crippen LogP contribution in [0.5, 0.6) is 0 Å². The van der Waals surface area contributed by atoms with Gasteiger partial charge >= 0.3 is 0 Å². The topological polar surface area (TPSA) is 65.7 Å². The van der Waals surface area contributed by atoms with Crippen molar-refractivity contribution < 1.29 is 0 Å². The molecule has 0 aliphatic rings. The van der Waals surface area contributed by atoms with Gasteiger partial charge in [0.1, 0.15) is 0 Å². The third kappa shape index (κ3) is 0.797. The smallest absolute Gasteiger partial charge is 0.0803 e. The Morgan fingerprint density at radius 3 is 2.75 bits per heavy atom. The number of aromatic nitrogens is 1. The van der Waals surface area contributed by atoms with Gasteiger partial charge < -0.3 is 16.1 Å². The maximum atomic E-state index is 7.08. The Bertz CT molecular complexity index is 428. The van der Waals surface area contributed by atoms with Crippen molar-refractivity contribution in [2.75, 3.05) is 5.73 Å². The minimum Gasteiger partial charge on any atom is -0.396 e. The molecular weight excluding hydrogens is 150 g/mol. The Hall–Kier alpha value is -1.77. The van der Waals surface area contributed by atoms with Crippen molar-refractivity contribution >= 4 is 22.8 Å². The molecule has 0 bridgehead atoms. The molecule has 0 atom stereocenters. The Morgan fingerprint density at radius 2 is 2.08 bits per heavy atom. The Balaban J connectivity index is 2.87. The van der Waals surface area contributed by atoms with Crippen LogP contribution in [0, 0.1) is 5.41 Å². The van der Waals surface area contributed by atoms with Crippen LogP contribution >= 0.6 is 0 Å². The van der Waals surface area contributed by atoms with Crippen molar-refractivity contribution in [1.82, 2.24) is 4.98 Å². The third-order valence-corrected chi connectivity index (χ3v) is 1.92. The van der Waals surface area contributed by atoms with E-state index in [1.54, 1.807) is 0 Å². The van der Waals surface area contributed by atoms with Crippen LogP contribution in [0.3, 0.4) is 0 Å². The first-order valence-corrected chi connectivity index (χ1v) is 3.69. The average molecular weight is 159 g/mol. The fourth-order valence-corrected chi connectivity index (χ4v) is 1.30. The summed E-state index contributed by atoms with van der Waals surface area (Å²) in [4.78, 5) is 3.05. The van der Waals surface area contributed by atoms with Crippen molar-refractivity contribution in [2.24, 2.45) is 0 Å². The van der Waals surface area contributed by atoms with Gasteiger partial charge in [-0.25, -0.2) is 0 Å². The van der Waals surface area contributed by atoms with Gasteiger partial charge in [-0.05, 0) is 6.07 Å². The van der Waals surface area contributed by atoms with E-state index in [0.29, 0.717) is 11.4 Å². The van der Waals surface area contributed by atoms with Gasteiger partial charge in [-0.1, -0.05) is 18.2 Å². The number of hydrogen-bond acceptors (Lipinski definition) is 2. The van der Waals surface area contributed by atoms with E-state index in [9.17, 15) is 0 Å². The predicted molar refractivity (Wildman–Crippen MR) is 50.6 cm³/mol. The van der Waals surface area contributed by atoms with Crippen LogP contribution in [0.2, 0.25) is 0 Å². The lowest BCUT2D eigenvalue weighted by Gasteiger charge is -1.88. The summed E-state index contributed by atoms with van der Waals surface area (Å²) in [7, 11) is 0. The van der Waals surface area contributed by atoms with Crippen molar-refractivity contribution in [2.45, 2.75) is 0 Å². The molecule has 0 saturated heterocycles. The second kappa shape index (κ2) is 2.37. The molecule has 0 aliphatic carbocycles. The summed E-state index contributed by atoms with van der Waals surface area (Å²) in [6.45, 7) is 0. The molecule has 60 valence electrons. The molecule has 0 radical (unpaired) electrons. The van der Waals surface area contributed by atoms with Gasteiger partial charge in [-0.3, -0.25) is 0 Å². The van der Waals surface area contributed by atoms with E-state index in [1.807, 2.05) is 24.3 Å². The highest BCUT2D eigenvalue weighted by Gasteiger charge is 2.03. The molecule has 0 fully saturated rings. The molecule has 2 aromatic rings. The zero-order valence-corrected chi connectivity index (χ0v) is 6.46. The van der Waals surface area contributed by atoms with Crippen LogP contribution in [-0.2, 0) is 0 Å². The number of anilines is 1. The standard InChI is InChI=1S/C9H9N3/c10-5-8-9(11)6-3-1-2-4-7(6)12-8/h1-5,10,12H,11H2. The second-order valence-corrected chi connectivity index (χ2v) is 2.64. The number of nitrogens with one attached hydrogen (secondary N) is 2. The summed E-state index contributed by atoms with van der Waals surface area (Å²) in [5.41, 5.74) is 8.08. The number of para-hydroxylation sites is 1. The predicted octanol–water partition coefficient (Wildman–Crippen LogP) is 1.75. The van der Waals surface area contributed by atoms with E-state index in [0.717, 1.165) is 10.9 Å². The van der Waals surface area contributed by atoms with Crippen LogP contribution < -0.4 is 5.73 Å². The van der Waals surface area contributed by atoms with Gasteiger partial charge in [0.05, 0.1) is 11.4 Å². The lowest BCUT2D eigenvalue weighted by atomic mass is 10.2. The summed E-state index contributed by atoms with van der Waals surface area (Å²) in [6.07, 6.45) is 1.23. The van der Waals surface area contributed by atoms with Crippen LogP contribution in [-0.4, -0.2) is 11.2 Å². The van der Waals surface area contributed by atoms with Gasteiger partial charge in [0.25, 0.3) is 0 Å². The largest absolute Gasteiger partial charge is 0.396 e. The summed E-state index contributed by atoms with van der Waals surface area (Å²) < 4.78 is 0. The van der Waals surface area contributed by atoms with Gasteiger partial charge in [0, 0.05) is 17.1 Å². The molecule has 1 heterocycles. The zero-order chi connectivity index (χ0) is 8.55. The van der Waals surface area contributed by atoms with Gasteiger partial charge in [-0.15, -0.1) is 0 Å². The molecule has 1 aromatic heterocycles. The molecule has 2 rings (SSSR count). The van der Waals surface area contributed by atoms with Crippen LogP contribution in [0.25, 0.3) is 10.9 Å². The molecule has 0 unspecified atom stereocenters. The van der Waals surface area contributed by atoms with Crippen molar-refractivity contribution in [3.05, 3.63) is 30.0 Å². The van der Waals surface area contributed by atoms with Gasteiger partial charge in [0.15, 0.2) is 0 Å². The summed E-state index contributed by atoms with van der Waals surface area (Å²) >= 11 is 0. The van der Waals surface area contributed by atoms with E-state index < -0.39 is 0 Å². The second-order valence-electron chi connectivity index (χ2n) is 2.64. The molecule has 3 nitrogen and oxygen atoms in total. The number of hydrogen-bond donors (Lipinski definition) is 3. The van der Waals surface area contributed by atoms with E-state index >= 15 is 0 Å². The first-order chi connectivity index (χ1) is 5.83. The van der Waals surface area contributed by atoms with E-state index in [4.69, 9.17) is 11.1 Å². The third-order valence-electron chi connectivity index (χ3n) is 1.92. The first kappa shape index (κ1) is 6.91. The van der Waals surface area contributed by atoms with E-state index in [1.165, 1.54) is 6.21 Å². The highest BCUT2D eigenvalue weighted by Crippen LogP contribution is 2.22. The molecule has 0 spiro atoms. The molecular formula is C9H9N3. The number of nitrogens with two attached hydrogens (primary N) is 1. The van der Waals surface area contributed by atoms with E-state index in [2.05, 4.69) is 4.98 Å². The Labute approximate surface area is 69.7 Å². The number of H-pyrrole nitrogens is 1. The molecule has 12 heavy (non-hydrogen) atoms. The summed E-state index contributed by atoms with van der Waals surface area (Å²) in [6, 6.07) is 7.75. The molecule has 4 N–H and O–H groups in total. The first-order valence-electron chi connectivity index (χ1n) is 3.69. The highest BCUT2D eigenvalue weighted by atomic mass is 14.8. The SMILES string of the molecule is N=Cc1[nH]c2ccccc2c1N. The maximum Gasteiger partial charge on any atom is 0.0803 e.